The molecule has 0 aliphatic heterocycles. The van der Waals surface area contributed by atoms with Crippen molar-refractivity contribution in [2.45, 2.75) is 26.4 Å². The van der Waals surface area contributed by atoms with E-state index in [2.05, 4.69) is 29.1 Å². The molecule has 0 amide bonds. The Bertz CT molecular complexity index is 551. The first kappa shape index (κ1) is 12.3. The molecule has 2 heterocycles. The maximum Gasteiger partial charge on any atom is 0.245 e. The van der Waals surface area contributed by atoms with Gasteiger partial charge in [-0.05, 0) is 12.1 Å². The Hall–Kier alpha value is -2.19. The van der Waals surface area contributed by atoms with Gasteiger partial charge in [-0.25, -0.2) is 9.97 Å². The van der Waals surface area contributed by atoms with Crippen molar-refractivity contribution in [3.63, 3.8) is 0 Å². The van der Waals surface area contributed by atoms with Crippen molar-refractivity contribution < 1.29 is 4.42 Å². The highest BCUT2D eigenvalue weighted by Crippen LogP contribution is 2.16. The molecular formula is C13H14N4O. The van der Waals surface area contributed by atoms with E-state index >= 15 is 0 Å². The van der Waals surface area contributed by atoms with Gasteiger partial charge in [0.2, 0.25) is 5.89 Å². The topological polar surface area (TPSA) is 74.7 Å². The Morgan fingerprint density at radius 2 is 2.28 bits per heavy atom. The standard InChI is InChI=1S/C13H14N4O/c1-9(2)15-7-11-8-18-13(17-11)12-4-3-10(5-14)6-16-12/h3-4,6,8-9,15H,7H2,1-2H3. The summed E-state index contributed by atoms with van der Waals surface area (Å²) in [4.78, 5) is 8.46. The summed E-state index contributed by atoms with van der Waals surface area (Å²) in [6.07, 6.45) is 3.12. The van der Waals surface area contributed by atoms with Crippen molar-refractivity contribution in [3.8, 4) is 17.7 Å². The smallest absolute Gasteiger partial charge is 0.245 e. The van der Waals surface area contributed by atoms with Crippen LogP contribution in [0, 0.1) is 11.3 Å². The molecule has 0 fully saturated rings. The van der Waals surface area contributed by atoms with Gasteiger partial charge in [0.15, 0.2) is 0 Å². The molecule has 0 saturated carbocycles. The highest BCUT2D eigenvalue weighted by Gasteiger charge is 2.08. The lowest BCUT2D eigenvalue weighted by Crippen LogP contribution is -2.21. The minimum absolute atomic E-state index is 0.401. The van der Waals surface area contributed by atoms with Crippen LogP contribution in [0.3, 0.4) is 0 Å². The summed E-state index contributed by atoms with van der Waals surface area (Å²) in [5.74, 6) is 0.472. The summed E-state index contributed by atoms with van der Waals surface area (Å²) in [7, 11) is 0. The van der Waals surface area contributed by atoms with Crippen molar-refractivity contribution in [1.29, 1.82) is 5.26 Å². The number of rotatable bonds is 4. The molecule has 0 aliphatic carbocycles. The molecule has 92 valence electrons. The second-order valence-electron chi connectivity index (χ2n) is 4.22. The van der Waals surface area contributed by atoms with Crippen LogP contribution < -0.4 is 5.32 Å². The number of hydrogen-bond acceptors (Lipinski definition) is 5. The van der Waals surface area contributed by atoms with E-state index in [0.717, 1.165) is 5.69 Å². The molecule has 5 nitrogen and oxygen atoms in total. The number of nitrogens with zero attached hydrogens (tertiary/aromatic N) is 3. The summed E-state index contributed by atoms with van der Waals surface area (Å²) in [5.41, 5.74) is 1.99. The molecule has 0 aromatic carbocycles. The number of aromatic nitrogens is 2. The zero-order chi connectivity index (χ0) is 13.0. The van der Waals surface area contributed by atoms with Crippen molar-refractivity contribution in [3.05, 3.63) is 35.9 Å². The molecule has 1 N–H and O–H groups in total. The third-order valence-corrected chi connectivity index (χ3v) is 2.35. The van der Waals surface area contributed by atoms with Gasteiger partial charge in [-0.1, -0.05) is 13.8 Å². The van der Waals surface area contributed by atoms with Crippen LogP contribution in [-0.4, -0.2) is 16.0 Å². The lowest BCUT2D eigenvalue weighted by Gasteiger charge is -2.03. The van der Waals surface area contributed by atoms with Crippen LogP contribution in [0.2, 0.25) is 0 Å². The van der Waals surface area contributed by atoms with E-state index in [1.54, 1.807) is 18.4 Å². The second kappa shape index (κ2) is 5.43. The monoisotopic (exact) mass is 242 g/mol. The normalized spacial score (nSPS) is 10.6. The van der Waals surface area contributed by atoms with Crippen LogP contribution in [0.15, 0.2) is 29.0 Å². The Morgan fingerprint density at radius 1 is 1.44 bits per heavy atom. The van der Waals surface area contributed by atoms with Gasteiger partial charge in [0, 0.05) is 18.8 Å². The number of nitriles is 1. The van der Waals surface area contributed by atoms with Gasteiger partial charge in [-0.2, -0.15) is 5.26 Å². The molecule has 5 heteroatoms. The minimum Gasteiger partial charge on any atom is -0.443 e. The van der Waals surface area contributed by atoms with Crippen LogP contribution in [0.25, 0.3) is 11.6 Å². The van der Waals surface area contributed by atoms with E-state index in [4.69, 9.17) is 9.68 Å². The zero-order valence-corrected chi connectivity index (χ0v) is 10.3. The third-order valence-electron chi connectivity index (χ3n) is 2.35. The molecule has 0 spiro atoms. The van der Waals surface area contributed by atoms with Crippen LogP contribution >= 0.6 is 0 Å². The van der Waals surface area contributed by atoms with Gasteiger partial charge in [0.1, 0.15) is 18.0 Å². The van der Waals surface area contributed by atoms with Gasteiger partial charge < -0.3 is 9.73 Å². The second-order valence-corrected chi connectivity index (χ2v) is 4.22. The first-order valence-corrected chi connectivity index (χ1v) is 5.73. The predicted molar refractivity (Wildman–Crippen MR) is 66.4 cm³/mol. The largest absolute Gasteiger partial charge is 0.443 e. The molecule has 0 aliphatic rings. The predicted octanol–water partition coefficient (Wildman–Crippen LogP) is 2.11. The Labute approximate surface area is 105 Å². The molecule has 2 aromatic heterocycles. The fourth-order valence-corrected chi connectivity index (χ4v) is 1.40. The summed E-state index contributed by atoms with van der Waals surface area (Å²) in [5, 5.41) is 11.9. The number of oxazole rings is 1. The fraction of sp³-hybridized carbons (Fsp3) is 0.308. The van der Waals surface area contributed by atoms with Crippen LogP contribution in [0.5, 0.6) is 0 Å². The summed E-state index contributed by atoms with van der Waals surface area (Å²) >= 11 is 0. The number of hydrogen-bond donors (Lipinski definition) is 1. The van der Waals surface area contributed by atoms with Gasteiger partial charge >= 0.3 is 0 Å². The third kappa shape index (κ3) is 2.93. The Morgan fingerprint density at radius 3 is 2.89 bits per heavy atom. The molecule has 2 aromatic rings. The highest BCUT2D eigenvalue weighted by molar-refractivity contribution is 5.48. The van der Waals surface area contributed by atoms with Crippen LogP contribution in [0.1, 0.15) is 25.1 Å². The van der Waals surface area contributed by atoms with Crippen molar-refractivity contribution >= 4 is 0 Å². The summed E-state index contributed by atoms with van der Waals surface area (Å²) < 4.78 is 5.36. The van der Waals surface area contributed by atoms with E-state index in [0.29, 0.717) is 29.7 Å². The zero-order valence-electron chi connectivity index (χ0n) is 10.3. The maximum absolute atomic E-state index is 8.69. The quantitative estimate of drug-likeness (QED) is 0.888. The number of nitrogens with one attached hydrogen (secondary N) is 1. The van der Waals surface area contributed by atoms with Crippen molar-refractivity contribution in [1.82, 2.24) is 15.3 Å². The van der Waals surface area contributed by atoms with Gasteiger partial charge in [-0.3, -0.25) is 0 Å². The van der Waals surface area contributed by atoms with Gasteiger partial charge in [0.05, 0.1) is 11.3 Å². The molecular weight excluding hydrogens is 228 g/mol. The SMILES string of the molecule is CC(C)NCc1coc(-c2ccc(C#N)cn2)n1. The van der Waals surface area contributed by atoms with E-state index in [1.807, 2.05) is 6.07 Å². The summed E-state index contributed by atoms with van der Waals surface area (Å²) in [6.45, 7) is 4.81. The minimum atomic E-state index is 0.401. The lowest BCUT2D eigenvalue weighted by atomic mass is 10.3. The molecule has 0 unspecified atom stereocenters. The Balaban J connectivity index is 2.11. The van der Waals surface area contributed by atoms with Gasteiger partial charge in [0.25, 0.3) is 0 Å². The average molecular weight is 242 g/mol. The molecule has 0 saturated heterocycles. The fourth-order valence-electron chi connectivity index (χ4n) is 1.40. The lowest BCUT2D eigenvalue weighted by molar-refractivity contribution is 0.558. The van der Waals surface area contributed by atoms with E-state index in [-0.39, 0.29) is 0 Å². The molecule has 0 bridgehead atoms. The molecule has 0 radical (unpaired) electrons. The first-order chi connectivity index (χ1) is 8.69. The Kier molecular flexibility index (Phi) is 3.70. The molecule has 2 rings (SSSR count). The number of pyridine rings is 1. The maximum atomic E-state index is 8.69. The van der Waals surface area contributed by atoms with E-state index in [1.165, 1.54) is 6.20 Å². The van der Waals surface area contributed by atoms with E-state index < -0.39 is 0 Å². The van der Waals surface area contributed by atoms with Crippen molar-refractivity contribution in [2.75, 3.05) is 0 Å². The average Bonchev–Trinajstić information content (AvgIpc) is 2.85. The van der Waals surface area contributed by atoms with E-state index in [9.17, 15) is 0 Å². The summed E-state index contributed by atoms with van der Waals surface area (Å²) in [6, 6.07) is 5.84. The van der Waals surface area contributed by atoms with Crippen LogP contribution in [0.4, 0.5) is 0 Å². The van der Waals surface area contributed by atoms with Crippen molar-refractivity contribution in [2.24, 2.45) is 0 Å². The first-order valence-electron chi connectivity index (χ1n) is 5.73. The highest BCUT2D eigenvalue weighted by atomic mass is 16.3. The van der Waals surface area contributed by atoms with Crippen LogP contribution in [-0.2, 0) is 6.54 Å². The molecule has 0 atom stereocenters. The molecule has 18 heavy (non-hydrogen) atoms. The van der Waals surface area contributed by atoms with Gasteiger partial charge in [-0.15, -0.1) is 0 Å².